The van der Waals surface area contributed by atoms with E-state index in [0.717, 1.165) is 5.69 Å². The van der Waals surface area contributed by atoms with Gasteiger partial charge < -0.3 is 4.74 Å². The maximum atomic E-state index is 11.7. The molecule has 2 aromatic rings. The number of rotatable bonds is 4. The van der Waals surface area contributed by atoms with Crippen LogP contribution in [0.2, 0.25) is 0 Å². The van der Waals surface area contributed by atoms with Crippen molar-refractivity contribution in [2.24, 2.45) is 0 Å². The number of carbonyl (C=O) groups excluding carboxylic acids is 2. The maximum Gasteiger partial charge on any atom is 0.361 e. The predicted molar refractivity (Wildman–Crippen MR) is 67.1 cm³/mol. The van der Waals surface area contributed by atoms with Crippen molar-refractivity contribution in [1.29, 1.82) is 0 Å². The summed E-state index contributed by atoms with van der Waals surface area (Å²) < 4.78 is 4.82. The molecule has 0 saturated carbocycles. The van der Waals surface area contributed by atoms with Crippen molar-refractivity contribution in [2.75, 3.05) is 6.61 Å². The number of Topliss-reactive ketones (excluding diaryl/α,β-unsaturated/α-hetero) is 1. The fourth-order valence-electron chi connectivity index (χ4n) is 1.48. The Labute approximate surface area is 110 Å². The van der Waals surface area contributed by atoms with Gasteiger partial charge in [0.2, 0.25) is 0 Å². The van der Waals surface area contributed by atoms with Gasteiger partial charge in [-0.2, -0.15) is 9.90 Å². The molecule has 0 radical (unpaired) electrons. The van der Waals surface area contributed by atoms with Crippen LogP contribution in [-0.4, -0.2) is 33.4 Å². The van der Waals surface area contributed by atoms with Gasteiger partial charge in [0, 0.05) is 0 Å². The molecular formula is C13H13N3O3. The van der Waals surface area contributed by atoms with Crippen molar-refractivity contribution in [3.8, 4) is 5.69 Å². The van der Waals surface area contributed by atoms with Crippen LogP contribution in [0.5, 0.6) is 0 Å². The third-order valence-corrected chi connectivity index (χ3v) is 2.37. The van der Waals surface area contributed by atoms with E-state index in [-0.39, 0.29) is 18.1 Å². The lowest BCUT2D eigenvalue weighted by atomic mass is 10.3. The van der Waals surface area contributed by atoms with E-state index in [1.54, 1.807) is 6.92 Å². The summed E-state index contributed by atoms with van der Waals surface area (Å²) in [7, 11) is 0. The lowest BCUT2D eigenvalue weighted by molar-refractivity contribution is -0.120. The highest BCUT2D eigenvalue weighted by molar-refractivity contribution is 5.90. The molecule has 98 valence electrons. The van der Waals surface area contributed by atoms with E-state index >= 15 is 0 Å². The summed E-state index contributed by atoms with van der Waals surface area (Å²) in [5, 5.41) is 8.23. The molecule has 1 heterocycles. The molecule has 0 saturated heterocycles. The van der Waals surface area contributed by atoms with Crippen molar-refractivity contribution in [2.45, 2.75) is 13.8 Å². The number of aryl methyl sites for hydroxylation is 1. The number of ketones is 1. The van der Waals surface area contributed by atoms with Crippen molar-refractivity contribution < 1.29 is 14.3 Å². The van der Waals surface area contributed by atoms with Crippen molar-refractivity contribution in [1.82, 2.24) is 15.0 Å². The highest BCUT2D eigenvalue weighted by Crippen LogP contribution is 2.09. The summed E-state index contributed by atoms with van der Waals surface area (Å²) in [6.07, 6.45) is 0. The number of aromatic nitrogens is 3. The van der Waals surface area contributed by atoms with Crippen molar-refractivity contribution in [3.63, 3.8) is 0 Å². The molecule has 6 heteroatoms. The van der Waals surface area contributed by atoms with Crippen LogP contribution < -0.4 is 0 Å². The molecular weight excluding hydrogens is 246 g/mol. The standard InChI is InChI=1S/C13H13N3O3/c1-9(17)8-19-13(18)12-10(2)14-16(15-12)11-6-4-3-5-7-11/h3-7H,8H2,1-2H3. The Hall–Kier alpha value is -2.50. The second-order valence-electron chi connectivity index (χ2n) is 4.04. The summed E-state index contributed by atoms with van der Waals surface area (Å²) in [6, 6.07) is 9.22. The molecule has 1 aromatic carbocycles. The molecule has 0 unspecified atom stereocenters. The number of esters is 1. The number of benzene rings is 1. The zero-order valence-electron chi connectivity index (χ0n) is 10.7. The summed E-state index contributed by atoms with van der Waals surface area (Å²) >= 11 is 0. The molecule has 0 bridgehead atoms. The number of hydrogen-bond donors (Lipinski definition) is 0. The SMILES string of the molecule is CC(=O)COC(=O)c1nn(-c2ccccc2)nc1C. The third-order valence-electron chi connectivity index (χ3n) is 2.37. The highest BCUT2D eigenvalue weighted by Gasteiger charge is 2.18. The van der Waals surface area contributed by atoms with Gasteiger partial charge in [-0.05, 0) is 26.0 Å². The van der Waals surface area contributed by atoms with Crippen LogP contribution in [0.3, 0.4) is 0 Å². The van der Waals surface area contributed by atoms with Gasteiger partial charge in [-0.1, -0.05) is 18.2 Å². The van der Waals surface area contributed by atoms with E-state index in [2.05, 4.69) is 10.2 Å². The average molecular weight is 259 g/mol. The zero-order valence-corrected chi connectivity index (χ0v) is 10.7. The highest BCUT2D eigenvalue weighted by atomic mass is 16.5. The van der Waals surface area contributed by atoms with Gasteiger partial charge in [0.1, 0.15) is 6.61 Å². The van der Waals surface area contributed by atoms with Crippen molar-refractivity contribution >= 4 is 11.8 Å². The molecule has 0 aliphatic rings. The van der Waals surface area contributed by atoms with Gasteiger partial charge in [0.15, 0.2) is 11.5 Å². The fourth-order valence-corrected chi connectivity index (χ4v) is 1.48. The normalized spacial score (nSPS) is 10.2. The van der Waals surface area contributed by atoms with Gasteiger partial charge in [0.05, 0.1) is 11.4 Å². The van der Waals surface area contributed by atoms with Crippen LogP contribution in [-0.2, 0) is 9.53 Å². The van der Waals surface area contributed by atoms with Crippen molar-refractivity contribution in [3.05, 3.63) is 41.7 Å². The smallest absolute Gasteiger partial charge is 0.361 e. The molecule has 0 amide bonds. The Kier molecular flexibility index (Phi) is 3.70. The Morgan fingerprint density at radius 3 is 2.53 bits per heavy atom. The van der Waals surface area contributed by atoms with E-state index in [1.807, 2.05) is 30.3 Å². The number of carbonyl (C=O) groups is 2. The minimum absolute atomic E-state index is 0.116. The molecule has 6 nitrogen and oxygen atoms in total. The summed E-state index contributed by atoms with van der Waals surface area (Å²) in [5.74, 6) is -0.865. The molecule has 0 atom stereocenters. The quantitative estimate of drug-likeness (QED) is 0.774. The number of nitrogens with zero attached hydrogens (tertiary/aromatic N) is 3. The molecule has 1 aromatic heterocycles. The van der Waals surface area contributed by atoms with Gasteiger partial charge in [-0.15, -0.1) is 5.10 Å². The second-order valence-corrected chi connectivity index (χ2v) is 4.04. The first kappa shape index (κ1) is 12.9. The largest absolute Gasteiger partial charge is 0.453 e. The zero-order chi connectivity index (χ0) is 13.8. The van der Waals surface area contributed by atoms with Crippen LogP contribution in [0, 0.1) is 6.92 Å². The van der Waals surface area contributed by atoms with E-state index < -0.39 is 5.97 Å². The Morgan fingerprint density at radius 2 is 1.89 bits per heavy atom. The van der Waals surface area contributed by atoms with E-state index in [4.69, 9.17) is 4.74 Å². The number of hydrogen-bond acceptors (Lipinski definition) is 5. The van der Waals surface area contributed by atoms with E-state index in [9.17, 15) is 9.59 Å². The summed E-state index contributed by atoms with van der Waals surface area (Å²) in [5.41, 5.74) is 1.32. The summed E-state index contributed by atoms with van der Waals surface area (Å²) in [6.45, 7) is 2.76. The fraction of sp³-hybridized carbons (Fsp3) is 0.231. The lowest BCUT2D eigenvalue weighted by Crippen LogP contribution is -2.13. The molecule has 0 N–H and O–H groups in total. The lowest BCUT2D eigenvalue weighted by Gasteiger charge is -1.99. The van der Waals surface area contributed by atoms with Crippen LogP contribution in [0.25, 0.3) is 5.69 Å². The van der Waals surface area contributed by atoms with Crippen LogP contribution in [0.1, 0.15) is 23.1 Å². The first-order chi connectivity index (χ1) is 9.08. The van der Waals surface area contributed by atoms with Gasteiger partial charge in [-0.25, -0.2) is 4.79 Å². The van der Waals surface area contributed by atoms with Crippen LogP contribution >= 0.6 is 0 Å². The third kappa shape index (κ3) is 3.04. The van der Waals surface area contributed by atoms with E-state index in [1.165, 1.54) is 11.7 Å². The Bertz CT molecular complexity index is 605. The number of para-hydroxylation sites is 1. The van der Waals surface area contributed by atoms with Gasteiger partial charge in [-0.3, -0.25) is 4.79 Å². The first-order valence-electron chi connectivity index (χ1n) is 5.74. The molecule has 0 aliphatic carbocycles. The first-order valence-corrected chi connectivity index (χ1v) is 5.74. The molecule has 0 spiro atoms. The predicted octanol–water partition coefficient (Wildman–Crippen LogP) is 1.32. The van der Waals surface area contributed by atoms with E-state index in [0.29, 0.717) is 5.69 Å². The van der Waals surface area contributed by atoms with Gasteiger partial charge >= 0.3 is 5.97 Å². The molecule has 2 rings (SSSR count). The second kappa shape index (κ2) is 5.43. The molecule has 0 fully saturated rings. The minimum atomic E-state index is -0.644. The maximum absolute atomic E-state index is 11.7. The molecule has 0 aliphatic heterocycles. The Balaban J connectivity index is 2.22. The average Bonchev–Trinajstić information content (AvgIpc) is 2.79. The molecule has 19 heavy (non-hydrogen) atoms. The van der Waals surface area contributed by atoms with Gasteiger partial charge in [0.25, 0.3) is 0 Å². The summed E-state index contributed by atoms with van der Waals surface area (Å²) in [4.78, 5) is 23.9. The topological polar surface area (TPSA) is 74.1 Å². The Morgan fingerprint density at radius 1 is 1.21 bits per heavy atom. The monoisotopic (exact) mass is 259 g/mol. The van der Waals surface area contributed by atoms with Crippen LogP contribution in [0.4, 0.5) is 0 Å². The minimum Gasteiger partial charge on any atom is -0.453 e. The number of ether oxygens (including phenoxy) is 1. The van der Waals surface area contributed by atoms with Crippen LogP contribution in [0.15, 0.2) is 30.3 Å².